The Morgan fingerprint density at radius 1 is 1.25 bits per heavy atom. The van der Waals surface area contributed by atoms with E-state index in [1.165, 1.54) is 0 Å². The van der Waals surface area contributed by atoms with E-state index in [1.807, 2.05) is 24.3 Å². The first-order valence-corrected chi connectivity index (χ1v) is 6.03. The second-order valence-electron chi connectivity index (χ2n) is 4.34. The average Bonchev–Trinajstić information content (AvgIpc) is 3.05. The Morgan fingerprint density at radius 2 is 2.00 bits per heavy atom. The Kier molecular flexibility index (Phi) is 2.86. The molecule has 3 N–H and O–H groups in total. The van der Waals surface area contributed by atoms with Gasteiger partial charge in [0, 0.05) is 18.8 Å². The lowest BCUT2D eigenvalue weighted by Crippen LogP contribution is -1.91. The number of nitrogens with two attached hydrogens (primary N) is 1. The Bertz CT molecular complexity index is 728. The third-order valence-corrected chi connectivity index (χ3v) is 2.95. The summed E-state index contributed by atoms with van der Waals surface area (Å²) in [6.07, 6.45) is 1.80. The zero-order valence-corrected chi connectivity index (χ0v) is 11.2. The summed E-state index contributed by atoms with van der Waals surface area (Å²) in [7, 11) is 3.44. The van der Waals surface area contributed by atoms with Crippen molar-refractivity contribution in [2.24, 2.45) is 7.05 Å². The van der Waals surface area contributed by atoms with E-state index < -0.39 is 0 Å². The minimum atomic E-state index is 0.421. The summed E-state index contributed by atoms with van der Waals surface area (Å²) in [6.45, 7) is 0. The number of ether oxygens (including phenoxy) is 1. The Balaban J connectivity index is 1.95. The minimum absolute atomic E-state index is 0.421. The smallest absolute Gasteiger partial charge is 0.181 e. The summed E-state index contributed by atoms with van der Waals surface area (Å²) >= 11 is 0. The summed E-state index contributed by atoms with van der Waals surface area (Å²) in [5.41, 5.74) is 7.46. The largest absolute Gasteiger partial charge is 0.497 e. The monoisotopic (exact) mass is 270 g/mol. The van der Waals surface area contributed by atoms with Crippen LogP contribution in [-0.2, 0) is 7.05 Å². The molecule has 0 radical (unpaired) electrons. The van der Waals surface area contributed by atoms with Crippen LogP contribution in [0.2, 0.25) is 0 Å². The molecule has 0 spiro atoms. The van der Waals surface area contributed by atoms with Gasteiger partial charge in [-0.25, -0.2) is 4.98 Å². The number of aromatic nitrogens is 5. The van der Waals surface area contributed by atoms with Gasteiger partial charge in [-0.2, -0.15) is 10.2 Å². The molecule has 0 bridgehead atoms. The molecule has 0 saturated carbocycles. The Morgan fingerprint density at radius 3 is 2.60 bits per heavy atom. The number of anilines is 1. The van der Waals surface area contributed by atoms with Gasteiger partial charge in [0.25, 0.3) is 0 Å². The molecule has 7 nitrogen and oxygen atoms in total. The van der Waals surface area contributed by atoms with E-state index in [2.05, 4.69) is 20.3 Å². The number of nitrogen functional groups attached to an aromatic ring is 1. The lowest BCUT2D eigenvalue weighted by molar-refractivity contribution is 0.415. The van der Waals surface area contributed by atoms with E-state index in [1.54, 1.807) is 25.0 Å². The van der Waals surface area contributed by atoms with Crippen LogP contribution in [0.5, 0.6) is 5.75 Å². The predicted octanol–water partition coefficient (Wildman–Crippen LogP) is 1.46. The summed E-state index contributed by atoms with van der Waals surface area (Å²) < 4.78 is 6.76. The van der Waals surface area contributed by atoms with Crippen molar-refractivity contribution >= 4 is 5.82 Å². The molecule has 3 rings (SSSR count). The van der Waals surface area contributed by atoms with E-state index >= 15 is 0 Å². The van der Waals surface area contributed by atoms with Gasteiger partial charge < -0.3 is 10.5 Å². The van der Waals surface area contributed by atoms with Crippen molar-refractivity contribution in [2.75, 3.05) is 12.8 Å². The zero-order valence-electron chi connectivity index (χ0n) is 11.2. The number of H-pyrrole nitrogens is 1. The van der Waals surface area contributed by atoms with Gasteiger partial charge >= 0.3 is 0 Å². The Hall–Kier alpha value is -2.83. The van der Waals surface area contributed by atoms with Crippen LogP contribution in [0, 0.1) is 0 Å². The number of hydrogen-bond acceptors (Lipinski definition) is 5. The number of nitrogens with one attached hydrogen (secondary N) is 1. The molecular weight excluding hydrogens is 256 g/mol. The summed E-state index contributed by atoms with van der Waals surface area (Å²) in [4.78, 5) is 4.44. The molecule has 2 heterocycles. The highest BCUT2D eigenvalue weighted by molar-refractivity contribution is 5.69. The fourth-order valence-corrected chi connectivity index (χ4v) is 1.94. The molecule has 0 saturated heterocycles. The van der Waals surface area contributed by atoms with Crippen LogP contribution >= 0.6 is 0 Å². The maximum Gasteiger partial charge on any atom is 0.181 e. The van der Waals surface area contributed by atoms with Crippen molar-refractivity contribution in [1.82, 2.24) is 25.0 Å². The van der Waals surface area contributed by atoms with Crippen molar-refractivity contribution in [2.45, 2.75) is 0 Å². The number of aromatic amines is 1. The van der Waals surface area contributed by atoms with Gasteiger partial charge in [0.1, 0.15) is 5.75 Å². The lowest BCUT2D eigenvalue weighted by Gasteiger charge is -1.99. The fraction of sp³-hybridized carbons (Fsp3) is 0.154. The molecule has 0 fully saturated rings. The van der Waals surface area contributed by atoms with Gasteiger partial charge in [0.2, 0.25) is 0 Å². The highest BCUT2D eigenvalue weighted by Gasteiger charge is 2.12. The molecule has 3 aromatic rings. The Labute approximate surface area is 115 Å². The maximum atomic E-state index is 5.82. The van der Waals surface area contributed by atoms with Crippen LogP contribution in [-0.4, -0.2) is 32.1 Å². The molecule has 0 aliphatic heterocycles. The molecule has 1 aromatic carbocycles. The van der Waals surface area contributed by atoms with E-state index in [9.17, 15) is 0 Å². The molecular formula is C13H14N6O. The summed E-state index contributed by atoms with van der Waals surface area (Å²) in [5.74, 6) is 2.42. The predicted molar refractivity (Wildman–Crippen MR) is 75.0 cm³/mol. The van der Waals surface area contributed by atoms with Crippen molar-refractivity contribution < 1.29 is 4.74 Å². The normalized spacial score (nSPS) is 10.7. The number of hydrogen-bond donors (Lipinski definition) is 2. The molecule has 0 aliphatic carbocycles. The first-order valence-electron chi connectivity index (χ1n) is 6.03. The second kappa shape index (κ2) is 4.69. The molecule has 2 aromatic heterocycles. The lowest BCUT2D eigenvalue weighted by atomic mass is 10.2. The van der Waals surface area contributed by atoms with Crippen molar-refractivity contribution in [3.8, 4) is 28.5 Å². The third-order valence-electron chi connectivity index (χ3n) is 2.95. The number of methoxy groups -OCH3 is 1. The molecule has 20 heavy (non-hydrogen) atoms. The van der Waals surface area contributed by atoms with Crippen LogP contribution in [0.3, 0.4) is 0 Å². The highest BCUT2D eigenvalue weighted by atomic mass is 16.5. The van der Waals surface area contributed by atoms with E-state index in [4.69, 9.17) is 10.5 Å². The van der Waals surface area contributed by atoms with Crippen molar-refractivity contribution in [1.29, 1.82) is 0 Å². The second-order valence-corrected chi connectivity index (χ2v) is 4.34. The molecule has 102 valence electrons. The van der Waals surface area contributed by atoms with E-state index in [0.29, 0.717) is 17.5 Å². The summed E-state index contributed by atoms with van der Waals surface area (Å²) in [5, 5.41) is 11.2. The van der Waals surface area contributed by atoms with Crippen molar-refractivity contribution in [3.05, 3.63) is 30.5 Å². The van der Waals surface area contributed by atoms with Crippen LogP contribution in [0.25, 0.3) is 22.8 Å². The fourth-order valence-electron chi connectivity index (χ4n) is 1.94. The molecule has 0 aliphatic rings. The van der Waals surface area contributed by atoms with Crippen LogP contribution in [0.15, 0.2) is 30.5 Å². The molecule has 0 amide bonds. The number of aryl methyl sites for hydroxylation is 1. The number of rotatable bonds is 3. The van der Waals surface area contributed by atoms with Crippen LogP contribution in [0.4, 0.5) is 5.82 Å². The van der Waals surface area contributed by atoms with Gasteiger partial charge in [-0.3, -0.25) is 9.78 Å². The minimum Gasteiger partial charge on any atom is -0.497 e. The van der Waals surface area contributed by atoms with Gasteiger partial charge in [-0.05, 0) is 24.3 Å². The SMILES string of the molecule is COc1ccc(-c2n[nH]c(-c3cn(C)nc3N)n2)cc1. The van der Waals surface area contributed by atoms with Crippen molar-refractivity contribution in [3.63, 3.8) is 0 Å². The standard InChI is InChI=1S/C13H14N6O/c1-19-7-10(11(14)18-19)13-15-12(16-17-13)8-3-5-9(20-2)6-4-8/h3-7H,1-2H3,(H2,14,18)(H,15,16,17). The van der Waals surface area contributed by atoms with E-state index in [-0.39, 0.29) is 0 Å². The third kappa shape index (κ3) is 2.09. The van der Waals surface area contributed by atoms with Gasteiger partial charge in [0.15, 0.2) is 17.5 Å². The number of nitrogens with zero attached hydrogens (tertiary/aromatic N) is 4. The molecule has 7 heteroatoms. The number of benzene rings is 1. The summed E-state index contributed by atoms with van der Waals surface area (Å²) in [6, 6.07) is 7.53. The first kappa shape index (κ1) is 12.2. The average molecular weight is 270 g/mol. The highest BCUT2D eigenvalue weighted by Crippen LogP contribution is 2.24. The van der Waals surface area contributed by atoms with Gasteiger partial charge in [0.05, 0.1) is 12.7 Å². The zero-order chi connectivity index (χ0) is 14.1. The van der Waals surface area contributed by atoms with Gasteiger partial charge in [-0.15, -0.1) is 0 Å². The molecule has 0 unspecified atom stereocenters. The molecule has 0 atom stereocenters. The topological polar surface area (TPSA) is 94.6 Å². The van der Waals surface area contributed by atoms with Crippen LogP contribution in [0.1, 0.15) is 0 Å². The van der Waals surface area contributed by atoms with Gasteiger partial charge in [-0.1, -0.05) is 0 Å². The maximum absolute atomic E-state index is 5.82. The quantitative estimate of drug-likeness (QED) is 0.751. The van der Waals surface area contributed by atoms with E-state index in [0.717, 1.165) is 16.9 Å². The van der Waals surface area contributed by atoms with Crippen LogP contribution < -0.4 is 10.5 Å². The first-order chi connectivity index (χ1) is 9.67.